The third-order valence-electron chi connectivity index (χ3n) is 3.15. The molecule has 0 unspecified atom stereocenters. The number of hydrogen-bond donors (Lipinski definition) is 2. The first-order chi connectivity index (χ1) is 8.90. The van der Waals surface area contributed by atoms with E-state index in [1.54, 1.807) is 0 Å². The number of hydrogen-bond acceptors (Lipinski definition) is 4. The monoisotopic (exact) mass is 236 g/mol. The van der Waals surface area contributed by atoms with E-state index in [0.29, 0.717) is 0 Å². The molecule has 0 aliphatic carbocycles. The topological polar surface area (TPSA) is 42.5 Å². The van der Waals surface area contributed by atoms with Crippen molar-refractivity contribution in [1.29, 1.82) is 0 Å². The maximum atomic E-state index is 5.82. The van der Waals surface area contributed by atoms with Crippen LogP contribution in [0.1, 0.15) is 0 Å². The number of rotatable bonds is 1. The SMILES string of the molecule is c1ccc2c(c1)NB(B1Nc3ccccc3O1)O2. The van der Waals surface area contributed by atoms with E-state index in [2.05, 4.69) is 10.5 Å². The van der Waals surface area contributed by atoms with Gasteiger partial charge in [0.05, 0.1) is 11.4 Å². The molecule has 0 fully saturated rings. The van der Waals surface area contributed by atoms with Gasteiger partial charge < -0.3 is 19.8 Å². The molecule has 0 bridgehead atoms. The van der Waals surface area contributed by atoms with Gasteiger partial charge in [-0.05, 0) is 24.3 Å². The first kappa shape index (κ1) is 9.76. The average molecular weight is 236 g/mol. The average Bonchev–Trinajstić information content (AvgIpc) is 3.02. The summed E-state index contributed by atoms with van der Waals surface area (Å²) >= 11 is 0. The van der Waals surface area contributed by atoms with Gasteiger partial charge in [0.1, 0.15) is 11.5 Å². The van der Waals surface area contributed by atoms with Gasteiger partial charge in [0, 0.05) is 0 Å². The largest absolute Gasteiger partial charge is 0.542 e. The number of fused-ring (bicyclic) bond motifs is 2. The quantitative estimate of drug-likeness (QED) is 0.743. The molecule has 2 aliphatic rings. The van der Waals surface area contributed by atoms with Gasteiger partial charge in [0.25, 0.3) is 0 Å². The van der Waals surface area contributed by atoms with E-state index in [4.69, 9.17) is 9.31 Å². The molecule has 2 aromatic carbocycles. The van der Waals surface area contributed by atoms with Crippen molar-refractivity contribution >= 4 is 25.3 Å². The van der Waals surface area contributed by atoms with Gasteiger partial charge in [0.2, 0.25) is 0 Å². The number of benzene rings is 2. The zero-order chi connectivity index (χ0) is 11.9. The Bertz CT molecular complexity index is 505. The molecular formula is C12H10B2N2O2. The zero-order valence-corrected chi connectivity index (χ0v) is 9.59. The van der Waals surface area contributed by atoms with Crippen molar-refractivity contribution in [2.45, 2.75) is 0 Å². The van der Waals surface area contributed by atoms with Gasteiger partial charge in [-0.15, -0.1) is 0 Å². The normalized spacial score (nSPS) is 15.1. The van der Waals surface area contributed by atoms with Crippen LogP contribution in [-0.4, -0.2) is 13.9 Å². The summed E-state index contributed by atoms with van der Waals surface area (Å²) < 4.78 is 11.6. The molecule has 2 heterocycles. The van der Waals surface area contributed by atoms with E-state index in [0.717, 1.165) is 22.9 Å². The molecule has 2 aromatic rings. The second kappa shape index (κ2) is 3.63. The van der Waals surface area contributed by atoms with Crippen LogP contribution in [0.5, 0.6) is 11.5 Å². The van der Waals surface area contributed by atoms with Crippen LogP contribution in [0, 0.1) is 0 Å². The van der Waals surface area contributed by atoms with Gasteiger partial charge in [-0.25, -0.2) is 0 Å². The third kappa shape index (κ3) is 1.42. The second-order valence-electron chi connectivity index (χ2n) is 4.36. The zero-order valence-electron chi connectivity index (χ0n) is 9.59. The Balaban J connectivity index is 1.56. The molecule has 0 saturated heterocycles. The highest BCUT2D eigenvalue weighted by Crippen LogP contribution is 2.34. The van der Waals surface area contributed by atoms with Crippen molar-refractivity contribution in [2.24, 2.45) is 0 Å². The van der Waals surface area contributed by atoms with Crippen molar-refractivity contribution in [1.82, 2.24) is 0 Å². The maximum absolute atomic E-state index is 5.82. The van der Waals surface area contributed by atoms with Crippen LogP contribution in [-0.2, 0) is 0 Å². The summed E-state index contributed by atoms with van der Waals surface area (Å²) in [5.74, 6) is 1.73. The van der Waals surface area contributed by atoms with Gasteiger partial charge in [-0.1, -0.05) is 24.3 Å². The fraction of sp³-hybridized carbons (Fsp3) is 0. The Morgan fingerprint density at radius 1 is 0.667 bits per heavy atom. The van der Waals surface area contributed by atoms with E-state index >= 15 is 0 Å². The minimum atomic E-state index is -0.213. The van der Waals surface area contributed by atoms with Gasteiger partial charge in [-0.2, -0.15) is 0 Å². The first-order valence-corrected chi connectivity index (χ1v) is 5.95. The predicted octanol–water partition coefficient (Wildman–Crippen LogP) is 2.05. The van der Waals surface area contributed by atoms with E-state index in [1.807, 2.05) is 48.5 Å². The Morgan fingerprint density at radius 3 is 1.56 bits per heavy atom. The summed E-state index contributed by atoms with van der Waals surface area (Å²) in [6.45, 7) is -0.426. The molecule has 0 amide bonds. The molecule has 0 radical (unpaired) electrons. The van der Waals surface area contributed by atoms with E-state index < -0.39 is 0 Å². The van der Waals surface area contributed by atoms with E-state index in [-0.39, 0.29) is 13.9 Å². The Labute approximate surface area is 106 Å². The molecule has 18 heavy (non-hydrogen) atoms. The highest BCUT2D eigenvalue weighted by molar-refractivity contribution is 7.20. The molecule has 0 atom stereocenters. The summed E-state index contributed by atoms with van der Waals surface area (Å²) in [6.07, 6.45) is 0. The van der Waals surface area contributed by atoms with Crippen molar-refractivity contribution < 1.29 is 9.31 Å². The fourth-order valence-corrected chi connectivity index (χ4v) is 2.29. The Morgan fingerprint density at radius 2 is 1.11 bits per heavy atom. The van der Waals surface area contributed by atoms with Crippen molar-refractivity contribution in [3.63, 3.8) is 0 Å². The molecular weight excluding hydrogens is 226 g/mol. The Kier molecular flexibility index (Phi) is 1.97. The maximum Gasteiger partial charge on any atom is 0.518 e. The summed E-state index contributed by atoms with van der Waals surface area (Å²) in [5.41, 5.74) is 2.01. The molecule has 0 spiro atoms. The molecule has 2 aliphatic heterocycles. The minimum Gasteiger partial charge on any atom is -0.542 e. The fourth-order valence-electron chi connectivity index (χ4n) is 2.29. The molecule has 2 N–H and O–H groups in total. The van der Waals surface area contributed by atoms with E-state index in [1.165, 1.54) is 0 Å². The summed E-state index contributed by atoms with van der Waals surface area (Å²) in [7, 11) is 0. The van der Waals surface area contributed by atoms with Crippen molar-refractivity contribution in [2.75, 3.05) is 10.5 Å². The molecule has 0 saturated carbocycles. The lowest BCUT2D eigenvalue weighted by atomic mass is 9.42. The van der Waals surface area contributed by atoms with Gasteiger partial charge in [0.15, 0.2) is 0 Å². The van der Waals surface area contributed by atoms with Crippen LogP contribution < -0.4 is 19.8 Å². The second-order valence-corrected chi connectivity index (χ2v) is 4.36. The number of anilines is 2. The van der Waals surface area contributed by atoms with Crippen LogP contribution in [0.25, 0.3) is 0 Å². The van der Waals surface area contributed by atoms with Crippen molar-refractivity contribution in [3.05, 3.63) is 48.5 Å². The summed E-state index contributed by atoms with van der Waals surface area (Å²) in [6, 6.07) is 15.8. The lowest BCUT2D eigenvalue weighted by molar-refractivity contribution is 0.574. The van der Waals surface area contributed by atoms with Crippen molar-refractivity contribution in [3.8, 4) is 11.5 Å². The number of nitrogens with one attached hydrogen (secondary N) is 2. The third-order valence-corrected chi connectivity index (χ3v) is 3.15. The molecule has 4 rings (SSSR count). The molecule has 4 nitrogen and oxygen atoms in total. The van der Waals surface area contributed by atoms with Crippen LogP contribution in [0.4, 0.5) is 11.4 Å². The highest BCUT2D eigenvalue weighted by atomic mass is 16.5. The first-order valence-electron chi connectivity index (χ1n) is 5.95. The molecule has 86 valence electrons. The number of para-hydroxylation sites is 4. The highest BCUT2D eigenvalue weighted by Gasteiger charge is 2.47. The van der Waals surface area contributed by atoms with Crippen LogP contribution >= 0.6 is 0 Å². The lowest BCUT2D eigenvalue weighted by Crippen LogP contribution is -2.51. The summed E-state index contributed by atoms with van der Waals surface area (Å²) in [4.78, 5) is 0. The van der Waals surface area contributed by atoms with Crippen LogP contribution in [0.3, 0.4) is 0 Å². The van der Waals surface area contributed by atoms with Crippen LogP contribution in [0.2, 0.25) is 0 Å². The lowest BCUT2D eigenvalue weighted by Gasteiger charge is -2.09. The Hall–Kier alpha value is -2.23. The molecule has 0 aromatic heterocycles. The van der Waals surface area contributed by atoms with Gasteiger partial charge in [-0.3, -0.25) is 0 Å². The summed E-state index contributed by atoms with van der Waals surface area (Å²) in [5, 5.41) is 6.60. The predicted molar refractivity (Wildman–Crippen MR) is 72.9 cm³/mol. The van der Waals surface area contributed by atoms with E-state index in [9.17, 15) is 0 Å². The molecule has 6 heteroatoms. The smallest absolute Gasteiger partial charge is 0.518 e. The van der Waals surface area contributed by atoms with Gasteiger partial charge >= 0.3 is 13.9 Å². The standard InChI is InChI=1S/C12H10B2N2O2/c1-3-7-11-9(5-1)15-13(17-11)14-16-10-6-2-4-8-12(10)18-14/h1-8,15-16H. The minimum absolute atomic E-state index is 0.213. The van der Waals surface area contributed by atoms with Crippen LogP contribution in [0.15, 0.2) is 48.5 Å².